The minimum atomic E-state index is -0.167. The van der Waals surface area contributed by atoms with Gasteiger partial charge in [-0.3, -0.25) is 0 Å². The number of rotatable bonds is 2. The summed E-state index contributed by atoms with van der Waals surface area (Å²) in [4.78, 5) is 0. The van der Waals surface area contributed by atoms with Crippen molar-refractivity contribution in [1.82, 2.24) is 0 Å². The standard InChI is InChI=1S/C4H10O.2C3H8O/c1-4(2)3-5;1-3(2)4;1-2-3-4/h4-5H,3H2,1-2H3;3-4H,1-2H3;4H,2-3H2,1H3. The van der Waals surface area contributed by atoms with Gasteiger partial charge in [0.05, 0.1) is 0 Å². The van der Waals surface area contributed by atoms with Crippen LogP contribution in [0.4, 0.5) is 0 Å². The maximum absolute atomic E-state index is 8.14. The molecule has 0 atom stereocenters. The van der Waals surface area contributed by atoms with Crippen LogP contribution < -0.4 is 0 Å². The van der Waals surface area contributed by atoms with Crippen LogP contribution in [0.1, 0.15) is 41.0 Å². The van der Waals surface area contributed by atoms with Gasteiger partial charge in [-0.25, -0.2) is 0 Å². The van der Waals surface area contributed by atoms with Crippen LogP contribution in [0.15, 0.2) is 0 Å². The smallest absolute Gasteiger partial charge is 0.0483 e. The summed E-state index contributed by atoms with van der Waals surface area (Å²) >= 11 is 0. The summed E-state index contributed by atoms with van der Waals surface area (Å²) < 4.78 is 0. The molecule has 0 aromatic heterocycles. The lowest BCUT2D eigenvalue weighted by atomic mass is 10.2. The van der Waals surface area contributed by atoms with Crippen molar-refractivity contribution in [2.45, 2.75) is 47.1 Å². The predicted molar refractivity (Wildman–Crippen MR) is 56.7 cm³/mol. The van der Waals surface area contributed by atoms with Crippen LogP contribution in [-0.4, -0.2) is 34.6 Å². The molecule has 0 saturated carbocycles. The zero-order valence-electron chi connectivity index (χ0n) is 9.62. The summed E-state index contributed by atoms with van der Waals surface area (Å²) in [6.07, 6.45) is 0.708. The third kappa shape index (κ3) is 140. The zero-order valence-corrected chi connectivity index (χ0v) is 9.62. The van der Waals surface area contributed by atoms with E-state index in [1.54, 1.807) is 13.8 Å². The summed E-state index contributed by atoms with van der Waals surface area (Å²) in [7, 11) is 0. The molecule has 0 spiro atoms. The third-order valence-corrected chi connectivity index (χ3v) is 0.589. The monoisotopic (exact) mass is 194 g/mol. The van der Waals surface area contributed by atoms with Crippen molar-refractivity contribution in [3.8, 4) is 0 Å². The van der Waals surface area contributed by atoms with Crippen molar-refractivity contribution < 1.29 is 15.3 Å². The molecule has 3 N–H and O–H groups in total. The van der Waals surface area contributed by atoms with Crippen LogP contribution in [0.3, 0.4) is 0 Å². The lowest BCUT2D eigenvalue weighted by Gasteiger charge is -1.90. The Labute approximate surface area is 82.4 Å². The van der Waals surface area contributed by atoms with E-state index < -0.39 is 0 Å². The lowest BCUT2D eigenvalue weighted by Crippen LogP contribution is -1.90. The average Bonchev–Trinajstić information content (AvgIpc) is 2.04. The predicted octanol–water partition coefficient (Wildman–Crippen LogP) is 1.41. The van der Waals surface area contributed by atoms with Gasteiger partial charge in [-0.05, 0) is 26.2 Å². The van der Waals surface area contributed by atoms with Crippen molar-refractivity contribution in [3.63, 3.8) is 0 Å². The van der Waals surface area contributed by atoms with E-state index in [0.29, 0.717) is 19.1 Å². The largest absolute Gasteiger partial charge is 0.396 e. The Kier molecular flexibility index (Phi) is 25.5. The highest BCUT2D eigenvalue weighted by Crippen LogP contribution is 1.83. The molecule has 0 unspecified atom stereocenters. The molecule has 0 fully saturated rings. The molecular weight excluding hydrogens is 168 g/mol. The molecule has 0 heterocycles. The van der Waals surface area contributed by atoms with Gasteiger partial charge in [-0.15, -0.1) is 0 Å². The van der Waals surface area contributed by atoms with Crippen molar-refractivity contribution in [3.05, 3.63) is 0 Å². The second-order valence-corrected chi connectivity index (χ2v) is 3.39. The Morgan fingerprint density at radius 1 is 1.00 bits per heavy atom. The first-order valence-electron chi connectivity index (χ1n) is 4.82. The second-order valence-electron chi connectivity index (χ2n) is 3.39. The summed E-state index contributed by atoms with van der Waals surface area (Å²) in [6, 6.07) is 0. The lowest BCUT2D eigenvalue weighted by molar-refractivity contribution is 0.216. The van der Waals surface area contributed by atoms with Gasteiger partial charge in [0.2, 0.25) is 0 Å². The molecule has 0 radical (unpaired) electrons. The highest BCUT2D eigenvalue weighted by Gasteiger charge is 1.81. The van der Waals surface area contributed by atoms with Crippen molar-refractivity contribution >= 4 is 0 Å². The van der Waals surface area contributed by atoms with Crippen LogP contribution in [0.5, 0.6) is 0 Å². The van der Waals surface area contributed by atoms with Gasteiger partial charge >= 0.3 is 0 Å². The molecule has 0 aliphatic carbocycles. The van der Waals surface area contributed by atoms with E-state index in [2.05, 4.69) is 0 Å². The molecular formula is C10H26O3. The molecule has 13 heavy (non-hydrogen) atoms. The highest BCUT2D eigenvalue weighted by molar-refractivity contribution is 4.32. The molecule has 0 bridgehead atoms. The molecule has 0 aliphatic heterocycles. The minimum Gasteiger partial charge on any atom is -0.396 e. The fourth-order valence-electron chi connectivity index (χ4n) is 0. The molecule has 0 saturated heterocycles. The Balaban J connectivity index is -0.000000117. The Morgan fingerprint density at radius 2 is 1.15 bits per heavy atom. The maximum Gasteiger partial charge on any atom is 0.0483 e. The van der Waals surface area contributed by atoms with E-state index in [0.717, 1.165) is 6.42 Å². The first-order chi connectivity index (χ1) is 5.92. The quantitative estimate of drug-likeness (QED) is 0.623. The first kappa shape index (κ1) is 18.6. The van der Waals surface area contributed by atoms with Crippen LogP contribution in [0, 0.1) is 5.92 Å². The molecule has 0 amide bonds. The molecule has 0 rings (SSSR count). The first-order valence-corrected chi connectivity index (χ1v) is 4.82. The topological polar surface area (TPSA) is 60.7 Å². The van der Waals surface area contributed by atoms with Crippen molar-refractivity contribution in [1.29, 1.82) is 0 Å². The van der Waals surface area contributed by atoms with Crippen LogP contribution in [0.2, 0.25) is 0 Å². The van der Waals surface area contributed by atoms with E-state index in [4.69, 9.17) is 15.3 Å². The van der Waals surface area contributed by atoms with Crippen molar-refractivity contribution in [2.24, 2.45) is 5.92 Å². The van der Waals surface area contributed by atoms with Gasteiger partial charge in [0.25, 0.3) is 0 Å². The van der Waals surface area contributed by atoms with E-state index in [-0.39, 0.29) is 6.10 Å². The number of hydrogen-bond acceptors (Lipinski definition) is 3. The maximum atomic E-state index is 8.14. The normalized spacial score (nSPS) is 8.77. The van der Waals surface area contributed by atoms with Gasteiger partial charge in [0.1, 0.15) is 0 Å². The van der Waals surface area contributed by atoms with Crippen LogP contribution >= 0.6 is 0 Å². The summed E-state index contributed by atoms with van der Waals surface area (Å²) in [5, 5.41) is 24.1. The van der Waals surface area contributed by atoms with Gasteiger partial charge in [-0.2, -0.15) is 0 Å². The van der Waals surface area contributed by atoms with E-state index in [9.17, 15) is 0 Å². The van der Waals surface area contributed by atoms with Crippen molar-refractivity contribution in [2.75, 3.05) is 13.2 Å². The van der Waals surface area contributed by atoms with Gasteiger partial charge in [0, 0.05) is 19.3 Å². The highest BCUT2D eigenvalue weighted by atomic mass is 16.3. The van der Waals surface area contributed by atoms with E-state index >= 15 is 0 Å². The number of aliphatic hydroxyl groups is 3. The van der Waals surface area contributed by atoms with Gasteiger partial charge in [0.15, 0.2) is 0 Å². The average molecular weight is 194 g/mol. The second kappa shape index (κ2) is 17.8. The van der Waals surface area contributed by atoms with Crippen LogP contribution in [0.25, 0.3) is 0 Å². The Bertz CT molecular complexity index is 58.4. The number of aliphatic hydroxyl groups excluding tert-OH is 3. The minimum absolute atomic E-state index is 0.167. The molecule has 0 aromatic carbocycles. The molecule has 0 aromatic rings. The summed E-state index contributed by atoms with van der Waals surface area (Å²) in [6.45, 7) is 9.94. The third-order valence-electron chi connectivity index (χ3n) is 0.589. The van der Waals surface area contributed by atoms with Gasteiger partial charge < -0.3 is 15.3 Å². The zero-order chi connectivity index (χ0) is 11.3. The van der Waals surface area contributed by atoms with Crippen LogP contribution in [-0.2, 0) is 0 Å². The molecule has 3 nitrogen and oxygen atoms in total. The number of hydrogen-bond donors (Lipinski definition) is 3. The Hall–Kier alpha value is -0.120. The molecule has 84 valence electrons. The SMILES string of the molecule is CC(C)CO.CC(C)O.CCCO. The fraction of sp³-hybridized carbons (Fsp3) is 1.00. The Morgan fingerprint density at radius 3 is 1.15 bits per heavy atom. The molecule has 3 heteroatoms. The summed E-state index contributed by atoms with van der Waals surface area (Å²) in [5.41, 5.74) is 0. The summed E-state index contributed by atoms with van der Waals surface area (Å²) in [5.74, 6) is 0.440. The molecule has 0 aliphatic rings. The van der Waals surface area contributed by atoms with Gasteiger partial charge in [-0.1, -0.05) is 20.8 Å². The fourth-order valence-corrected chi connectivity index (χ4v) is 0. The van der Waals surface area contributed by atoms with E-state index in [1.807, 2.05) is 20.8 Å². The van der Waals surface area contributed by atoms with E-state index in [1.165, 1.54) is 0 Å².